The zero-order valence-corrected chi connectivity index (χ0v) is 20.1. The number of likely N-dealkylation sites (tertiary alicyclic amines) is 1. The second-order valence-electron chi connectivity index (χ2n) is 10.0. The van der Waals surface area contributed by atoms with Crippen molar-refractivity contribution in [2.75, 3.05) is 50.8 Å². The van der Waals surface area contributed by atoms with E-state index in [2.05, 4.69) is 22.0 Å². The highest BCUT2D eigenvalue weighted by Crippen LogP contribution is 2.32. The number of amides is 2. The van der Waals surface area contributed by atoms with E-state index in [-0.39, 0.29) is 36.2 Å². The fraction of sp³-hybridized carbons (Fsp3) is 0.654. The minimum Gasteiger partial charge on any atom is -0.369 e. The average molecular weight is 469 g/mol. The molecule has 0 bridgehead atoms. The molecule has 4 aliphatic rings. The van der Waals surface area contributed by atoms with Gasteiger partial charge in [-0.1, -0.05) is 19.8 Å². The number of carbonyl (C=O) groups excluding carboxylic acids is 3. The maximum absolute atomic E-state index is 13.6. The van der Waals surface area contributed by atoms with Gasteiger partial charge in [-0.15, -0.1) is 0 Å². The summed E-state index contributed by atoms with van der Waals surface area (Å²) in [5, 5.41) is 3.06. The van der Waals surface area contributed by atoms with Crippen molar-refractivity contribution in [2.45, 2.75) is 57.2 Å². The van der Waals surface area contributed by atoms with E-state index in [1.165, 1.54) is 0 Å². The highest BCUT2D eigenvalue weighted by molar-refractivity contribution is 5.99. The monoisotopic (exact) mass is 468 g/mol. The second kappa shape index (κ2) is 10.0. The van der Waals surface area contributed by atoms with Gasteiger partial charge < -0.3 is 24.8 Å². The Morgan fingerprint density at radius 3 is 2.41 bits per heavy atom. The lowest BCUT2D eigenvalue weighted by atomic mass is 9.95. The molecule has 0 aromatic heterocycles. The van der Waals surface area contributed by atoms with Crippen LogP contribution in [0.1, 0.15) is 49.4 Å². The Morgan fingerprint density at radius 2 is 1.74 bits per heavy atom. The van der Waals surface area contributed by atoms with Crippen LogP contribution in [0.25, 0.3) is 0 Å². The molecule has 1 aliphatic carbocycles. The van der Waals surface area contributed by atoms with Crippen LogP contribution < -0.4 is 10.2 Å². The van der Waals surface area contributed by atoms with E-state index in [0.717, 1.165) is 64.1 Å². The molecule has 5 rings (SSSR count). The third kappa shape index (κ3) is 4.58. The summed E-state index contributed by atoms with van der Waals surface area (Å²) in [4.78, 5) is 45.6. The predicted molar refractivity (Wildman–Crippen MR) is 129 cm³/mol. The quantitative estimate of drug-likeness (QED) is 0.684. The number of hydrogen-bond acceptors (Lipinski definition) is 6. The van der Waals surface area contributed by atoms with Crippen LogP contribution in [0.3, 0.4) is 0 Å². The van der Waals surface area contributed by atoms with Crippen molar-refractivity contribution >= 4 is 23.3 Å². The SMILES string of the molecule is CCN1CCN(c2ccc(C(=O)N[C@H](C(=O)N3CC[C@H]4OCC(=O)[C@H]43)C3CCCC3)cc2)CC1. The number of nitrogens with one attached hydrogen (secondary N) is 1. The number of ether oxygens (including phenoxy) is 1. The fourth-order valence-electron chi connectivity index (χ4n) is 6.06. The average Bonchev–Trinajstić information content (AvgIpc) is 3.62. The Hall–Kier alpha value is -2.45. The number of hydrogen-bond donors (Lipinski definition) is 1. The molecule has 184 valence electrons. The molecule has 3 saturated heterocycles. The molecule has 2 amide bonds. The van der Waals surface area contributed by atoms with Gasteiger partial charge in [0.15, 0.2) is 5.78 Å². The minimum atomic E-state index is -0.594. The van der Waals surface area contributed by atoms with Gasteiger partial charge in [-0.2, -0.15) is 0 Å². The molecule has 3 heterocycles. The fourth-order valence-corrected chi connectivity index (χ4v) is 6.06. The van der Waals surface area contributed by atoms with E-state index in [1.807, 2.05) is 24.3 Å². The molecule has 8 heteroatoms. The van der Waals surface area contributed by atoms with Crippen molar-refractivity contribution < 1.29 is 19.1 Å². The van der Waals surface area contributed by atoms with Gasteiger partial charge in [-0.05, 0) is 56.0 Å². The van der Waals surface area contributed by atoms with E-state index in [9.17, 15) is 14.4 Å². The minimum absolute atomic E-state index is 0.0253. The molecule has 4 fully saturated rings. The number of Topliss-reactive ketones (excluding diaryl/α,β-unsaturated/α-hetero) is 1. The van der Waals surface area contributed by atoms with Crippen LogP contribution in [0.5, 0.6) is 0 Å². The molecule has 3 aliphatic heterocycles. The molecule has 8 nitrogen and oxygen atoms in total. The number of piperazine rings is 1. The van der Waals surface area contributed by atoms with Crippen LogP contribution in [-0.4, -0.2) is 91.5 Å². The first kappa shape index (κ1) is 23.3. The Morgan fingerprint density at radius 1 is 1.03 bits per heavy atom. The summed E-state index contributed by atoms with van der Waals surface area (Å²) in [6, 6.07) is 6.63. The van der Waals surface area contributed by atoms with Crippen molar-refractivity contribution in [3.8, 4) is 0 Å². The van der Waals surface area contributed by atoms with Gasteiger partial charge >= 0.3 is 0 Å². The van der Waals surface area contributed by atoms with E-state index in [4.69, 9.17) is 4.74 Å². The highest BCUT2D eigenvalue weighted by atomic mass is 16.5. The van der Waals surface area contributed by atoms with Crippen LogP contribution in [0.4, 0.5) is 5.69 Å². The predicted octanol–water partition coefficient (Wildman–Crippen LogP) is 1.69. The van der Waals surface area contributed by atoms with Crippen molar-refractivity contribution in [1.82, 2.24) is 15.1 Å². The summed E-state index contributed by atoms with van der Waals surface area (Å²) in [6.45, 7) is 7.93. The zero-order valence-electron chi connectivity index (χ0n) is 20.1. The summed E-state index contributed by atoms with van der Waals surface area (Å²) in [5.41, 5.74) is 1.69. The lowest BCUT2D eigenvalue weighted by Crippen LogP contribution is -2.54. The molecule has 34 heavy (non-hydrogen) atoms. The smallest absolute Gasteiger partial charge is 0.251 e. The number of benzene rings is 1. The molecule has 1 aromatic carbocycles. The van der Waals surface area contributed by atoms with Crippen molar-refractivity contribution in [3.05, 3.63) is 29.8 Å². The number of ketones is 1. The van der Waals surface area contributed by atoms with Gasteiger partial charge in [0.2, 0.25) is 5.91 Å². The number of rotatable bonds is 6. The first-order valence-electron chi connectivity index (χ1n) is 12.9. The van der Waals surface area contributed by atoms with Gasteiger partial charge in [0.1, 0.15) is 18.7 Å². The van der Waals surface area contributed by atoms with Gasteiger partial charge in [-0.3, -0.25) is 14.4 Å². The number of nitrogens with zero attached hydrogens (tertiary/aromatic N) is 3. The Labute approximate surface area is 201 Å². The molecule has 0 spiro atoms. The Bertz CT molecular complexity index is 906. The van der Waals surface area contributed by atoms with E-state index >= 15 is 0 Å². The van der Waals surface area contributed by atoms with Gasteiger partial charge in [0, 0.05) is 44.0 Å². The van der Waals surface area contributed by atoms with Crippen molar-refractivity contribution in [1.29, 1.82) is 0 Å². The summed E-state index contributed by atoms with van der Waals surface area (Å²) < 4.78 is 5.56. The van der Waals surface area contributed by atoms with Crippen LogP contribution in [0.2, 0.25) is 0 Å². The third-order valence-electron chi connectivity index (χ3n) is 8.13. The van der Waals surface area contributed by atoms with E-state index in [0.29, 0.717) is 18.5 Å². The zero-order chi connectivity index (χ0) is 23.7. The largest absolute Gasteiger partial charge is 0.369 e. The van der Waals surface area contributed by atoms with Crippen LogP contribution >= 0.6 is 0 Å². The van der Waals surface area contributed by atoms with Crippen molar-refractivity contribution in [3.63, 3.8) is 0 Å². The maximum Gasteiger partial charge on any atom is 0.251 e. The summed E-state index contributed by atoms with van der Waals surface area (Å²) in [6.07, 6.45) is 4.47. The molecule has 1 N–H and O–H groups in total. The molecule has 1 aromatic rings. The number of anilines is 1. The van der Waals surface area contributed by atoms with Crippen molar-refractivity contribution in [2.24, 2.45) is 5.92 Å². The summed E-state index contributed by atoms with van der Waals surface area (Å²) >= 11 is 0. The van der Waals surface area contributed by atoms with Crippen LogP contribution in [0.15, 0.2) is 24.3 Å². The van der Waals surface area contributed by atoms with Gasteiger partial charge in [-0.25, -0.2) is 0 Å². The molecule has 1 saturated carbocycles. The topological polar surface area (TPSA) is 82.2 Å². The number of fused-ring (bicyclic) bond motifs is 1. The van der Waals surface area contributed by atoms with Gasteiger partial charge in [0.05, 0.1) is 6.10 Å². The van der Waals surface area contributed by atoms with Crippen LogP contribution in [0, 0.1) is 5.92 Å². The molecule has 3 atom stereocenters. The number of likely N-dealkylation sites (N-methyl/N-ethyl adjacent to an activating group) is 1. The highest BCUT2D eigenvalue weighted by Gasteiger charge is 2.49. The number of carbonyl (C=O) groups is 3. The third-order valence-corrected chi connectivity index (χ3v) is 8.13. The molecule has 0 radical (unpaired) electrons. The lowest BCUT2D eigenvalue weighted by molar-refractivity contribution is -0.139. The first-order chi connectivity index (χ1) is 16.5. The Balaban J connectivity index is 1.27. The Kier molecular flexibility index (Phi) is 6.88. The van der Waals surface area contributed by atoms with Crippen LogP contribution in [-0.2, 0) is 14.3 Å². The first-order valence-corrected chi connectivity index (χ1v) is 12.9. The second-order valence-corrected chi connectivity index (χ2v) is 10.0. The molecule has 0 unspecified atom stereocenters. The van der Waals surface area contributed by atoms with E-state index in [1.54, 1.807) is 4.90 Å². The van der Waals surface area contributed by atoms with Gasteiger partial charge in [0.25, 0.3) is 5.91 Å². The lowest BCUT2D eigenvalue weighted by Gasteiger charge is -2.35. The summed E-state index contributed by atoms with van der Waals surface area (Å²) in [5.74, 6) is -0.265. The molecular weight excluding hydrogens is 432 g/mol. The summed E-state index contributed by atoms with van der Waals surface area (Å²) in [7, 11) is 0. The standard InChI is InChI=1S/C26H36N4O4/c1-2-28-13-15-29(16-14-28)20-9-7-19(8-10-20)25(32)27-23(18-5-3-4-6-18)26(33)30-12-11-22-24(30)21(31)17-34-22/h7-10,18,22-24H,2-6,11-17H2,1H3,(H,27,32)/t22-,23+,24-/m1/s1. The molecular formula is C26H36N4O4. The van der Waals surface area contributed by atoms with E-state index < -0.39 is 12.1 Å². The normalized spacial score (nSPS) is 26.7. The maximum atomic E-state index is 13.6.